The van der Waals surface area contributed by atoms with E-state index in [1.54, 1.807) is 0 Å². The Kier molecular flexibility index (Phi) is 21.6. The van der Waals surface area contributed by atoms with Crippen molar-refractivity contribution in [2.24, 2.45) is 0 Å². The van der Waals surface area contributed by atoms with E-state index in [4.69, 9.17) is 39.0 Å². The molecule has 27 rings (SSSR count). The number of hydrogen-bond acceptors (Lipinski definition) is 11. The molecule has 2 unspecified atom stereocenters. The molecule has 9 heterocycles. The molecule has 611 valence electrons. The summed E-state index contributed by atoms with van der Waals surface area (Å²) in [6, 6.07) is 134. The molecule has 18 aromatic carbocycles. The molecule has 0 amide bonds. The zero-order chi connectivity index (χ0) is 82.4. The second kappa shape index (κ2) is 33.5. The summed E-state index contributed by atoms with van der Waals surface area (Å²) in [5.41, 5.74) is 12.5. The van der Waals surface area contributed by atoms with Gasteiger partial charge in [-0.05, 0) is 217 Å². The second-order valence-corrected chi connectivity index (χ2v) is 38.0. The van der Waals surface area contributed by atoms with E-state index in [9.17, 15) is 4.79 Å². The first-order valence-electron chi connectivity index (χ1n) is 41.1. The smallest absolute Gasteiger partial charge is 0.195 e. The van der Waals surface area contributed by atoms with E-state index >= 15 is 0 Å². The number of carbonyl (C=O) groups is 1. The number of fused-ring (bicyclic) bond motifs is 21. The molecule has 3 radical (unpaired) electrons. The molecule has 127 heavy (non-hydrogen) atoms. The van der Waals surface area contributed by atoms with Gasteiger partial charge in [0, 0.05) is 97.4 Å². The first-order valence-corrected chi connectivity index (χ1v) is 45.4. The number of para-hydroxylation sites is 3. The Morgan fingerprint density at radius 1 is 0.323 bits per heavy atom. The third-order valence-electron chi connectivity index (χ3n) is 23.7. The van der Waals surface area contributed by atoms with Crippen LogP contribution in [-0.2, 0) is 65.1 Å². The van der Waals surface area contributed by atoms with Crippen LogP contribution in [0.1, 0.15) is 13.8 Å². The van der Waals surface area contributed by atoms with Gasteiger partial charge < -0.3 is 24.1 Å². The van der Waals surface area contributed by atoms with E-state index in [1.165, 1.54) is 131 Å². The van der Waals surface area contributed by atoms with Gasteiger partial charge in [0.2, 0.25) is 0 Å². The van der Waals surface area contributed by atoms with Gasteiger partial charge in [0.25, 0.3) is 0 Å². The van der Waals surface area contributed by atoms with Crippen molar-refractivity contribution in [2.75, 3.05) is 0 Å². The van der Waals surface area contributed by atoms with Crippen molar-refractivity contribution in [3.8, 4) is 79.8 Å². The predicted molar refractivity (Wildman–Crippen MR) is 514 cm³/mol. The summed E-state index contributed by atoms with van der Waals surface area (Å²) in [4.78, 5) is 30.1. The maximum atomic E-state index is 10.0. The number of benzene rings is 18. The molecule has 0 bridgehead atoms. The summed E-state index contributed by atoms with van der Waals surface area (Å²) in [6.07, 6.45) is 1.17. The number of pyridine rings is 3. The first kappa shape index (κ1) is 81.8. The average Bonchev–Trinajstić information content (AvgIpc) is 0.722. The number of nitrogens with zero attached hydrogens (tertiary/aromatic N) is 3. The van der Waals surface area contributed by atoms with Gasteiger partial charge in [0.05, 0.1) is 45.3 Å². The minimum Gasteiger partial charge on any atom is -0.512 e. The molecule has 0 fully saturated rings. The number of aliphatic hydroxyl groups excluding tert-OH is 1. The summed E-state index contributed by atoms with van der Waals surface area (Å²) in [5, 5.41) is 33.4. The summed E-state index contributed by atoms with van der Waals surface area (Å²) in [7, 11) is -1.82. The molecule has 1 N–H and O–H groups in total. The monoisotopic (exact) mass is 2240 g/mol. The summed E-state index contributed by atoms with van der Waals surface area (Å²) in [6.45, 7) is 3.03. The van der Waals surface area contributed by atoms with Crippen LogP contribution in [0.15, 0.2) is 377 Å². The molecule has 2 atom stereocenters. The number of hydrogen-bond donors (Lipinski definition) is 1. The second-order valence-electron chi connectivity index (χ2n) is 31.7. The Labute approximate surface area is 783 Å². The normalized spacial score (nSPS) is 13.8. The zero-order valence-electron chi connectivity index (χ0n) is 67.6. The van der Waals surface area contributed by atoms with Crippen LogP contribution in [0.4, 0.5) is 0 Å². The summed E-state index contributed by atoms with van der Waals surface area (Å²) in [5.74, 6) is 6.62. The van der Waals surface area contributed by atoms with Crippen molar-refractivity contribution in [1.82, 2.24) is 15.0 Å². The Hall–Kier alpha value is -12.3. The van der Waals surface area contributed by atoms with Crippen molar-refractivity contribution in [3.05, 3.63) is 376 Å². The molecular weight excluding hydrogens is 2170 g/mol. The van der Waals surface area contributed by atoms with Crippen molar-refractivity contribution < 1.29 is 89.2 Å². The topological polar surface area (TPSA) is 113 Å². The number of ether oxygens (including phenoxy) is 4. The number of carbonyl (C=O) groups excluding carboxylic acids is 1. The van der Waals surface area contributed by atoms with E-state index in [1.807, 2.05) is 72.1 Å². The molecule has 0 aliphatic carbocycles. The van der Waals surface area contributed by atoms with Gasteiger partial charge >= 0.3 is 0 Å². The van der Waals surface area contributed by atoms with Crippen molar-refractivity contribution in [1.29, 1.82) is 0 Å². The van der Waals surface area contributed by atoms with Crippen LogP contribution in [0, 0.1) is 18.2 Å². The summed E-state index contributed by atoms with van der Waals surface area (Å²) < 4.78 is 26.6. The van der Waals surface area contributed by atoms with Crippen molar-refractivity contribution in [3.63, 3.8) is 0 Å². The molecule has 6 aliphatic heterocycles. The molecule has 0 saturated carbocycles. The Morgan fingerprint density at radius 3 is 0.961 bits per heavy atom. The van der Waals surface area contributed by atoms with Crippen molar-refractivity contribution in [2.45, 2.75) is 33.4 Å². The molecule has 0 saturated heterocycles. The molecule has 6 aliphatic rings. The summed E-state index contributed by atoms with van der Waals surface area (Å²) >= 11 is 3.75. The fourth-order valence-electron chi connectivity index (χ4n) is 18.0. The number of rotatable bonds is 4. The van der Waals surface area contributed by atoms with Crippen LogP contribution < -0.4 is 67.2 Å². The van der Waals surface area contributed by atoms with Gasteiger partial charge in [-0.2, -0.15) is 0 Å². The Morgan fingerprint density at radius 2 is 0.622 bits per heavy atom. The first-order chi connectivity index (χ1) is 61.0. The molecule has 9 nitrogen and oxygen atoms in total. The van der Waals surface area contributed by atoms with Crippen molar-refractivity contribution >= 4 is 197 Å². The maximum absolute atomic E-state index is 10.0. The van der Waals surface area contributed by atoms with Gasteiger partial charge in [-0.1, -0.05) is 294 Å². The van der Waals surface area contributed by atoms with Crippen LogP contribution in [-0.4, -0.2) is 32.6 Å². The van der Waals surface area contributed by atoms with Crippen LogP contribution in [0.2, 0.25) is 0 Å². The molecule has 0 spiro atoms. The molecule has 3 aromatic heterocycles. The van der Waals surface area contributed by atoms with Crippen LogP contribution in [0.25, 0.3) is 131 Å². The number of ketones is 1. The van der Waals surface area contributed by atoms with E-state index in [0.717, 1.165) is 134 Å². The average molecular weight is 2240 g/mol. The van der Waals surface area contributed by atoms with Gasteiger partial charge in [0.1, 0.15) is 23.0 Å². The minimum absolute atomic E-state index is 0. The van der Waals surface area contributed by atoms with Gasteiger partial charge in [-0.3, -0.25) is 19.7 Å². The van der Waals surface area contributed by atoms with E-state index in [0.29, 0.717) is 0 Å². The van der Waals surface area contributed by atoms with E-state index in [2.05, 4.69) is 315 Å². The number of aliphatic hydroxyl groups is 1. The van der Waals surface area contributed by atoms with Crippen LogP contribution >= 0.6 is 39.4 Å². The van der Waals surface area contributed by atoms with Gasteiger partial charge in [0.15, 0.2) is 12.5 Å². The van der Waals surface area contributed by atoms with Crippen LogP contribution in [0.5, 0.6) is 46.0 Å². The largest absolute Gasteiger partial charge is 0.512 e. The standard InChI is InChI=1S/C35H19BNS2.2C35H19NO2P.C5H8O2.3Ir/c1-3-10-24-17-31-27(15-22(24)8-1)36-28-16-23-9-2-4-11-25(23)18-32(28)39-34-20-26(19-33(38-31)35(34)36)30-14-13-21-7-5-6-12-29(21)37-30;2*1-3-10-24-19-33-29(15-22(24)8-1)37-31-17-26(28-14-13-21-7-5-6-12-27(21)36-28)18-32-35(31)39(33)34-20-25-11-4-2-9-23(25)16-30(34)38-32;1-4(6)3-5(2)7;;;/h1-19H;2*1-17,19-20H;3,6H,1-2H3;;;/q3*-1;;;;. The Balaban J connectivity index is 0.000000110. The van der Waals surface area contributed by atoms with Gasteiger partial charge in [-0.25, -0.2) is 0 Å². The minimum atomic E-state index is -0.909. The molecule has 17 heteroatoms. The zero-order valence-corrected chi connectivity index (χ0v) is 78.2. The maximum Gasteiger partial charge on any atom is 0.195 e. The third-order valence-corrected chi connectivity index (χ3v) is 31.0. The number of aromatic nitrogens is 3. The number of allylic oxidation sites excluding steroid dienone is 2. The Bertz CT molecular complexity index is 7170. The SMILES string of the molecule is CC(=O)C=C(C)O.[Ir].[Ir].[Ir].[c-]1c(-c2ccc3ccccc3n2)cc2c3c1Oc1cc4ccccc4cc1P3c1cc3ccccc3cc1O2.[c-]1c(-c2ccc3ccccc3n2)cc2c3c1Oc1cc4ccccc4cc1P3c1cc3ccccc3cc1O2.[c-]1c(-c2ccc3ccccc3n2)cc2c3c1Sc1cc4ccccc4cc1B3c1cc3ccccc3cc1S2. The third kappa shape index (κ3) is 14.8. The van der Waals surface area contributed by atoms with Gasteiger partial charge in [-0.15, -0.1) is 57.8 Å². The molecular formula is C110H65BIr3N3O6P2S2-3. The predicted octanol–water partition coefficient (Wildman–Crippen LogP) is 24.4. The molecule has 21 aromatic rings. The van der Waals surface area contributed by atoms with E-state index in [-0.39, 0.29) is 78.6 Å². The fraction of sp³-hybridized carbons (Fsp3) is 0.0182. The fourth-order valence-corrected chi connectivity index (χ4v) is 25.6. The quantitative estimate of drug-likeness (QED) is 0.0597. The van der Waals surface area contributed by atoms with Crippen LogP contribution in [0.3, 0.4) is 0 Å². The van der Waals surface area contributed by atoms with E-state index < -0.39 is 15.8 Å².